The van der Waals surface area contributed by atoms with Gasteiger partial charge in [-0.1, -0.05) is 0 Å². The van der Waals surface area contributed by atoms with Gasteiger partial charge in [0, 0.05) is 6.72 Å². The summed E-state index contributed by atoms with van der Waals surface area (Å²) in [6.45, 7) is 4.91. The largest absolute Gasteiger partial charge is 0.273 e. The number of nitrogens with two attached hydrogens (primary N) is 1. The van der Waals surface area contributed by atoms with E-state index in [1.807, 2.05) is 0 Å². The van der Waals surface area contributed by atoms with Crippen molar-refractivity contribution in [2.75, 3.05) is 0 Å². The fourth-order valence-electron chi connectivity index (χ4n) is 0.123. The van der Waals surface area contributed by atoms with E-state index in [2.05, 4.69) is 16.9 Å². The zero-order chi connectivity index (χ0) is 5.70. The lowest BCUT2D eigenvalue weighted by Crippen LogP contribution is -1.86. The first-order valence-electron chi connectivity index (χ1n) is 1.68. The van der Waals surface area contributed by atoms with Gasteiger partial charge in [-0.15, -0.1) is 5.10 Å². The van der Waals surface area contributed by atoms with E-state index in [1.54, 1.807) is 6.92 Å². The summed E-state index contributed by atoms with van der Waals surface area (Å²) in [7, 11) is 0. The fourth-order valence-corrected chi connectivity index (χ4v) is 0.228. The van der Waals surface area contributed by atoms with Gasteiger partial charge in [-0.3, -0.25) is 5.14 Å². The minimum Gasteiger partial charge on any atom is -0.273 e. The summed E-state index contributed by atoms with van der Waals surface area (Å²) in [5, 5.41) is 12.5. The Balaban J connectivity index is 3.49. The molecule has 0 spiro atoms. The molecular formula is C3H7N3S. The molecule has 0 fully saturated rings. The molecule has 0 aromatic rings. The predicted molar refractivity (Wildman–Crippen MR) is 34.4 cm³/mol. The topological polar surface area (TPSA) is 50.7 Å². The van der Waals surface area contributed by atoms with Crippen LogP contribution in [-0.4, -0.2) is 11.8 Å². The van der Waals surface area contributed by atoms with Crippen molar-refractivity contribution in [2.24, 2.45) is 15.3 Å². The molecule has 0 radical (unpaired) electrons. The van der Waals surface area contributed by atoms with Crippen LogP contribution < -0.4 is 5.14 Å². The molecule has 0 aromatic carbocycles. The van der Waals surface area contributed by atoms with Crippen LogP contribution in [0, 0.1) is 0 Å². The van der Waals surface area contributed by atoms with Crippen molar-refractivity contribution in [3.63, 3.8) is 0 Å². The zero-order valence-corrected chi connectivity index (χ0v) is 4.90. The Bertz CT molecular complexity index is 88.2. The van der Waals surface area contributed by atoms with Crippen LogP contribution in [0.15, 0.2) is 10.2 Å². The Hall–Kier alpha value is -0.350. The van der Waals surface area contributed by atoms with Crippen LogP contribution in [0.25, 0.3) is 0 Å². The molecule has 0 amide bonds. The number of rotatable bonds is 1. The molecule has 0 aliphatic heterocycles. The SMILES string of the molecule is C=N/N=C(\C)SN. The first kappa shape index (κ1) is 6.65. The Morgan fingerprint density at radius 1 is 1.86 bits per heavy atom. The van der Waals surface area contributed by atoms with Gasteiger partial charge in [0.1, 0.15) is 5.04 Å². The van der Waals surface area contributed by atoms with Crippen LogP contribution in [0.5, 0.6) is 0 Å². The fraction of sp³-hybridized carbons (Fsp3) is 0.333. The molecule has 0 saturated carbocycles. The monoisotopic (exact) mass is 117 g/mol. The van der Waals surface area contributed by atoms with Gasteiger partial charge in [-0.05, 0) is 18.9 Å². The van der Waals surface area contributed by atoms with Gasteiger partial charge in [-0.25, -0.2) is 0 Å². The number of hydrogen-bond acceptors (Lipinski definition) is 4. The summed E-state index contributed by atoms with van der Waals surface area (Å²) in [5.41, 5.74) is 0. The van der Waals surface area contributed by atoms with E-state index in [4.69, 9.17) is 5.14 Å². The minimum atomic E-state index is 0.718. The Labute approximate surface area is 46.8 Å². The van der Waals surface area contributed by atoms with Gasteiger partial charge in [0.05, 0.1) is 0 Å². The molecule has 0 aromatic heterocycles. The molecule has 0 rings (SSSR count). The summed E-state index contributed by atoms with van der Waals surface area (Å²) in [6, 6.07) is 0. The van der Waals surface area contributed by atoms with E-state index in [1.165, 1.54) is 0 Å². The third-order valence-electron chi connectivity index (χ3n) is 0.382. The summed E-state index contributed by atoms with van der Waals surface area (Å²) >= 11 is 1.07. The van der Waals surface area contributed by atoms with Crippen LogP contribution in [0.1, 0.15) is 6.92 Å². The third kappa shape index (κ3) is 3.48. The van der Waals surface area contributed by atoms with Crippen molar-refractivity contribution in [1.82, 2.24) is 0 Å². The first-order valence-corrected chi connectivity index (χ1v) is 2.56. The lowest BCUT2D eigenvalue weighted by Gasteiger charge is -1.83. The standard InChI is InChI=1S/C3H7N3S/c1-3(7-4)6-5-2/h2,4H2,1H3/b6-3+. The highest BCUT2D eigenvalue weighted by atomic mass is 32.2. The van der Waals surface area contributed by atoms with Crippen LogP contribution in [-0.2, 0) is 0 Å². The van der Waals surface area contributed by atoms with Crippen molar-refractivity contribution in [3.05, 3.63) is 0 Å². The van der Waals surface area contributed by atoms with Gasteiger partial charge in [-0.2, -0.15) is 5.10 Å². The first-order chi connectivity index (χ1) is 3.31. The molecule has 0 atom stereocenters. The van der Waals surface area contributed by atoms with E-state index < -0.39 is 0 Å². The summed E-state index contributed by atoms with van der Waals surface area (Å²) < 4.78 is 0. The Morgan fingerprint density at radius 3 is 2.57 bits per heavy atom. The maximum atomic E-state index is 5.06. The maximum absolute atomic E-state index is 5.06. The van der Waals surface area contributed by atoms with Crippen molar-refractivity contribution < 1.29 is 0 Å². The van der Waals surface area contributed by atoms with Crippen LogP contribution in [0.2, 0.25) is 0 Å². The Kier molecular flexibility index (Phi) is 3.64. The quantitative estimate of drug-likeness (QED) is 0.237. The molecule has 0 unspecified atom stereocenters. The van der Waals surface area contributed by atoms with Crippen LogP contribution >= 0.6 is 11.9 Å². The summed E-state index contributed by atoms with van der Waals surface area (Å²) in [6.07, 6.45) is 0. The summed E-state index contributed by atoms with van der Waals surface area (Å²) in [5.74, 6) is 0. The van der Waals surface area contributed by atoms with E-state index in [0.29, 0.717) is 0 Å². The second-order valence-electron chi connectivity index (χ2n) is 0.878. The molecular weight excluding hydrogens is 110 g/mol. The highest BCUT2D eigenvalue weighted by Gasteiger charge is 1.79. The highest BCUT2D eigenvalue weighted by molar-refractivity contribution is 8.11. The number of hydrogen-bond donors (Lipinski definition) is 1. The molecule has 0 saturated heterocycles. The molecule has 7 heavy (non-hydrogen) atoms. The minimum absolute atomic E-state index is 0.718. The van der Waals surface area contributed by atoms with Crippen LogP contribution in [0.4, 0.5) is 0 Å². The average Bonchev–Trinajstić information content (AvgIpc) is 1.68. The second-order valence-corrected chi connectivity index (χ2v) is 1.70. The molecule has 0 aliphatic carbocycles. The van der Waals surface area contributed by atoms with E-state index in [0.717, 1.165) is 17.0 Å². The molecule has 0 bridgehead atoms. The highest BCUT2D eigenvalue weighted by Crippen LogP contribution is 1.89. The van der Waals surface area contributed by atoms with Gasteiger partial charge in [0.15, 0.2) is 0 Å². The normalized spacial score (nSPS) is 11.4. The summed E-state index contributed by atoms with van der Waals surface area (Å²) in [4.78, 5) is 0. The lowest BCUT2D eigenvalue weighted by atomic mass is 10.9. The maximum Gasteiger partial charge on any atom is 0.107 e. The predicted octanol–water partition coefficient (Wildman–Crippen LogP) is 0.627. The molecule has 0 aliphatic rings. The molecule has 4 heteroatoms. The van der Waals surface area contributed by atoms with Crippen molar-refractivity contribution in [2.45, 2.75) is 6.92 Å². The molecule has 0 heterocycles. The van der Waals surface area contributed by atoms with Gasteiger partial charge in [0.25, 0.3) is 0 Å². The van der Waals surface area contributed by atoms with Crippen molar-refractivity contribution in [3.8, 4) is 0 Å². The van der Waals surface area contributed by atoms with Gasteiger partial charge in [0.2, 0.25) is 0 Å². The Morgan fingerprint density at radius 2 is 2.43 bits per heavy atom. The number of nitrogens with zero attached hydrogens (tertiary/aromatic N) is 2. The smallest absolute Gasteiger partial charge is 0.107 e. The van der Waals surface area contributed by atoms with Gasteiger partial charge < -0.3 is 0 Å². The molecule has 3 nitrogen and oxygen atoms in total. The molecule has 40 valence electrons. The van der Waals surface area contributed by atoms with Gasteiger partial charge >= 0.3 is 0 Å². The van der Waals surface area contributed by atoms with E-state index in [9.17, 15) is 0 Å². The second kappa shape index (κ2) is 3.83. The van der Waals surface area contributed by atoms with Crippen molar-refractivity contribution >= 4 is 23.7 Å². The zero-order valence-electron chi connectivity index (χ0n) is 4.09. The average molecular weight is 117 g/mol. The van der Waals surface area contributed by atoms with Crippen molar-refractivity contribution in [1.29, 1.82) is 0 Å². The third-order valence-corrected chi connectivity index (χ3v) is 0.805. The van der Waals surface area contributed by atoms with E-state index >= 15 is 0 Å². The van der Waals surface area contributed by atoms with E-state index in [-0.39, 0.29) is 0 Å². The van der Waals surface area contributed by atoms with Crippen LogP contribution in [0.3, 0.4) is 0 Å². The molecule has 2 N–H and O–H groups in total. The lowest BCUT2D eigenvalue weighted by molar-refractivity contribution is 1.27.